The summed E-state index contributed by atoms with van der Waals surface area (Å²) in [6.45, 7) is 5.25. The van der Waals surface area contributed by atoms with Crippen LogP contribution in [0.5, 0.6) is 23.0 Å². The number of rotatable bonds is 9. The SMILES string of the molecule is COc1ccc([C@H](C(=O)NC(C)(C)C)N(C(=O)CNC(=O)c2cccs2)c2ccc3c(c2)OCO3)cc1OC. The van der Waals surface area contributed by atoms with Gasteiger partial charge >= 0.3 is 0 Å². The van der Waals surface area contributed by atoms with Gasteiger partial charge in [-0.15, -0.1) is 11.3 Å². The number of methoxy groups -OCH3 is 2. The van der Waals surface area contributed by atoms with E-state index in [0.29, 0.717) is 39.1 Å². The minimum absolute atomic E-state index is 0.0488. The number of nitrogens with zero attached hydrogens (tertiary/aromatic N) is 1. The average Bonchev–Trinajstić information content (AvgIpc) is 3.60. The summed E-state index contributed by atoms with van der Waals surface area (Å²) in [6.07, 6.45) is 0. The Morgan fingerprint density at radius 1 is 1.00 bits per heavy atom. The first-order chi connectivity index (χ1) is 18.6. The highest BCUT2D eigenvalue weighted by atomic mass is 32.1. The van der Waals surface area contributed by atoms with Crippen LogP contribution in [-0.2, 0) is 9.59 Å². The Kier molecular flexibility index (Phi) is 8.29. The number of hydrogen-bond acceptors (Lipinski definition) is 8. The lowest BCUT2D eigenvalue weighted by Gasteiger charge is -2.34. The van der Waals surface area contributed by atoms with E-state index in [0.717, 1.165) is 0 Å². The molecule has 3 aromatic rings. The zero-order valence-corrected chi connectivity index (χ0v) is 23.2. The predicted octanol–water partition coefficient (Wildman–Crippen LogP) is 3.91. The fourth-order valence-corrected chi connectivity index (χ4v) is 4.73. The van der Waals surface area contributed by atoms with Gasteiger partial charge in [-0.3, -0.25) is 19.3 Å². The minimum atomic E-state index is -1.13. The first-order valence-electron chi connectivity index (χ1n) is 12.2. The van der Waals surface area contributed by atoms with Crippen LogP contribution in [0.15, 0.2) is 53.9 Å². The van der Waals surface area contributed by atoms with Gasteiger partial charge in [0.25, 0.3) is 5.91 Å². The molecule has 0 fully saturated rings. The van der Waals surface area contributed by atoms with Crippen molar-refractivity contribution in [2.24, 2.45) is 0 Å². The van der Waals surface area contributed by atoms with Crippen molar-refractivity contribution in [2.45, 2.75) is 32.4 Å². The van der Waals surface area contributed by atoms with Gasteiger partial charge in [0.15, 0.2) is 23.0 Å². The normalized spacial score (nSPS) is 12.8. The monoisotopic (exact) mass is 553 g/mol. The third kappa shape index (κ3) is 6.43. The molecule has 1 aliphatic rings. The van der Waals surface area contributed by atoms with Crippen molar-refractivity contribution in [3.05, 3.63) is 64.4 Å². The molecule has 206 valence electrons. The van der Waals surface area contributed by atoms with Crippen LogP contribution in [0.25, 0.3) is 0 Å². The average molecular weight is 554 g/mol. The summed E-state index contributed by atoms with van der Waals surface area (Å²) in [6, 6.07) is 12.3. The first kappa shape index (κ1) is 27.8. The van der Waals surface area contributed by atoms with Crippen molar-refractivity contribution in [3.8, 4) is 23.0 Å². The van der Waals surface area contributed by atoms with E-state index in [1.54, 1.807) is 53.9 Å². The third-order valence-corrected chi connectivity index (χ3v) is 6.64. The topological polar surface area (TPSA) is 115 Å². The van der Waals surface area contributed by atoms with Gasteiger partial charge in [-0.1, -0.05) is 12.1 Å². The van der Waals surface area contributed by atoms with Crippen molar-refractivity contribution in [1.82, 2.24) is 10.6 Å². The van der Waals surface area contributed by atoms with Crippen molar-refractivity contribution in [3.63, 3.8) is 0 Å². The molecule has 0 spiro atoms. The number of amides is 3. The van der Waals surface area contributed by atoms with Crippen LogP contribution in [0.2, 0.25) is 0 Å². The molecule has 0 saturated heterocycles. The minimum Gasteiger partial charge on any atom is -0.493 e. The maximum atomic E-state index is 13.9. The Hall–Kier alpha value is -4.25. The molecule has 11 heteroatoms. The van der Waals surface area contributed by atoms with E-state index in [4.69, 9.17) is 18.9 Å². The molecule has 10 nitrogen and oxygen atoms in total. The number of nitrogens with one attached hydrogen (secondary N) is 2. The van der Waals surface area contributed by atoms with Crippen LogP contribution in [-0.4, -0.2) is 50.8 Å². The Morgan fingerprint density at radius 3 is 2.41 bits per heavy atom. The van der Waals surface area contributed by atoms with Crippen LogP contribution in [0, 0.1) is 0 Å². The van der Waals surface area contributed by atoms with Crippen LogP contribution in [0.4, 0.5) is 5.69 Å². The zero-order chi connectivity index (χ0) is 28.2. The maximum Gasteiger partial charge on any atom is 0.261 e. The van der Waals surface area contributed by atoms with E-state index < -0.39 is 23.4 Å². The Labute approximate surface area is 230 Å². The van der Waals surface area contributed by atoms with Gasteiger partial charge in [-0.25, -0.2) is 0 Å². The van der Waals surface area contributed by atoms with E-state index in [1.807, 2.05) is 20.8 Å². The molecule has 0 bridgehead atoms. The maximum absolute atomic E-state index is 13.9. The Bertz CT molecular complexity index is 1350. The number of benzene rings is 2. The summed E-state index contributed by atoms with van der Waals surface area (Å²) in [5.74, 6) is 0.515. The fourth-order valence-electron chi connectivity index (χ4n) is 4.09. The lowest BCUT2D eigenvalue weighted by molar-refractivity contribution is -0.127. The molecule has 4 rings (SSSR count). The number of thiophene rings is 1. The van der Waals surface area contributed by atoms with Gasteiger partial charge in [-0.05, 0) is 62.0 Å². The van der Waals surface area contributed by atoms with Gasteiger partial charge in [0.2, 0.25) is 18.6 Å². The second-order valence-corrected chi connectivity index (χ2v) is 10.7. The molecular formula is C28H31N3O7S. The van der Waals surface area contributed by atoms with Crippen LogP contribution in [0.3, 0.4) is 0 Å². The van der Waals surface area contributed by atoms with E-state index in [1.165, 1.54) is 30.5 Å². The van der Waals surface area contributed by atoms with Crippen LogP contribution >= 0.6 is 11.3 Å². The van der Waals surface area contributed by atoms with Crippen LogP contribution in [0.1, 0.15) is 42.0 Å². The third-order valence-electron chi connectivity index (χ3n) is 5.78. The van der Waals surface area contributed by atoms with Gasteiger partial charge in [0.1, 0.15) is 6.04 Å². The highest BCUT2D eigenvalue weighted by Crippen LogP contribution is 2.39. The Balaban J connectivity index is 1.79. The second-order valence-electron chi connectivity index (χ2n) is 9.72. The fraction of sp³-hybridized carbons (Fsp3) is 0.321. The standard InChI is InChI=1S/C28H31N3O7S/c1-28(2,3)30-27(34)25(17-8-10-19(35-4)21(13-17)36-5)31(18-9-11-20-22(14-18)38-16-37-20)24(32)15-29-26(33)23-7-6-12-39-23/h6-14,25H,15-16H2,1-5H3,(H,29,33)(H,30,34)/t25-/m1/s1. The van der Waals surface area contributed by atoms with Gasteiger partial charge < -0.3 is 29.6 Å². The summed E-state index contributed by atoms with van der Waals surface area (Å²) in [4.78, 5) is 42.2. The first-order valence-corrected chi connectivity index (χ1v) is 13.1. The van der Waals surface area contributed by atoms with E-state index >= 15 is 0 Å². The quantitative estimate of drug-likeness (QED) is 0.413. The molecule has 0 saturated carbocycles. The summed E-state index contributed by atoms with van der Waals surface area (Å²) in [5.41, 5.74) is 0.270. The summed E-state index contributed by atoms with van der Waals surface area (Å²) < 4.78 is 21.8. The lowest BCUT2D eigenvalue weighted by Crippen LogP contribution is -2.51. The summed E-state index contributed by atoms with van der Waals surface area (Å²) in [7, 11) is 3.01. The number of fused-ring (bicyclic) bond motifs is 1. The number of anilines is 1. The largest absolute Gasteiger partial charge is 0.493 e. The van der Waals surface area contributed by atoms with Crippen molar-refractivity contribution >= 4 is 34.7 Å². The number of carbonyl (C=O) groups excluding carboxylic acids is 3. The molecule has 2 N–H and O–H groups in total. The summed E-state index contributed by atoms with van der Waals surface area (Å²) in [5, 5.41) is 7.43. The molecule has 39 heavy (non-hydrogen) atoms. The molecule has 1 aromatic heterocycles. The van der Waals surface area contributed by atoms with Crippen molar-refractivity contribution in [2.75, 3.05) is 32.5 Å². The van der Waals surface area contributed by atoms with Gasteiger partial charge in [0.05, 0.1) is 25.6 Å². The van der Waals surface area contributed by atoms with Gasteiger partial charge in [-0.2, -0.15) is 0 Å². The molecular weight excluding hydrogens is 522 g/mol. The number of hydrogen-bond donors (Lipinski definition) is 2. The van der Waals surface area contributed by atoms with Crippen molar-refractivity contribution < 1.29 is 33.3 Å². The number of ether oxygens (including phenoxy) is 4. The van der Waals surface area contributed by atoms with E-state index in [9.17, 15) is 14.4 Å². The van der Waals surface area contributed by atoms with E-state index in [2.05, 4.69) is 10.6 Å². The molecule has 0 radical (unpaired) electrons. The Morgan fingerprint density at radius 2 is 1.74 bits per heavy atom. The molecule has 0 aliphatic carbocycles. The van der Waals surface area contributed by atoms with E-state index in [-0.39, 0.29) is 19.2 Å². The second kappa shape index (κ2) is 11.6. The molecule has 0 unspecified atom stereocenters. The highest BCUT2D eigenvalue weighted by Gasteiger charge is 2.36. The zero-order valence-electron chi connectivity index (χ0n) is 22.4. The van der Waals surface area contributed by atoms with Crippen molar-refractivity contribution in [1.29, 1.82) is 0 Å². The molecule has 3 amide bonds. The highest BCUT2D eigenvalue weighted by molar-refractivity contribution is 7.12. The van der Waals surface area contributed by atoms with Gasteiger partial charge in [0, 0.05) is 17.3 Å². The summed E-state index contributed by atoms with van der Waals surface area (Å²) >= 11 is 1.27. The van der Waals surface area contributed by atoms with Crippen LogP contribution < -0.4 is 34.5 Å². The predicted molar refractivity (Wildman–Crippen MR) is 147 cm³/mol. The molecule has 1 aliphatic heterocycles. The molecule has 2 heterocycles. The molecule has 1 atom stereocenters. The molecule has 2 aromatic carbocycles. The smallest absolute Gasteiger partial charge is 0.261 e. The number of carbonyl (C=O) groups is 3. The lowest BCUT2D eigenvalue weighted by atomic mass is 10.00.